The maximum absolute atomic E-state index is 12.9. The Labute approximate surface area is 456 Å². The van der Waals surface area contributed by atoms with E-state index in [0.717, 1.165) is 91.6 Å². The van der Waals surface area contributed by atoms with Crippen molar-refractivity contribution < 1.29 is 38.4 Å². The van der Waals surface area contributed by atoms with Crippen molar-refractivity contribution in [2.75, 3.05) is 119 Å². The maximum atomic E-state index is 12.9. The lowest BCUT2D eigenvalue weighted by Crippen LogP contribution is -2.49. The lowest BCUT2D eigenvalue weighted by molar-refractivity contribution is -0.128. The minimum atomic E-state index is -0.487. The molecule has 3 N–H and O–H groups in total. The molecule has 0 radical (unpaired) electrons. The molecule has 0 bridgehead atoms. The fraction of sp³-hybridized carbons (Fsp3) is 0.561. The number of rotatable bonds is 30. The molecule has 1 aromatic carbocycles. The number of carbonyl (C=O) groups excluding carboxylic acids is 2. The molecule has 9 rings (SSSR count). The van der Waals surface area contributed by atoms with Crippen LogP contribution in [0.2, 0.25) is 0 Å². The van der Waals surface area contributed by atoms with Crippen LogP contribution in [0.1, 0.15) is 98.7 Å². The maximum Gasteiger partial charge on any atom is 0.415 e. The first kappa shape index (κ1) is 56.2. The number of piperazine rings is 1. The fourth-order valence-corrected chi connectivity index (χ4v) is 10.5. The molecule has 5 aromatic rings. The monoisotopic (exact) mass is 1070 g/mol. The molecule has 21 nitrogen and oxygen atoms in total. The zero-order valence-electron chi connectivity index (χ0n) is 45.4. The fourth-order valence-electron chi connectivity index (χ4n) is 10.5. The quantitative estimate of drug-likeness (QED) is 0.0347. The minimum absolute atomic E-state index is 0.00126. The Morgan fingerprint density at radius 2 is 1.59 bits per heavy atom. The normalized spacial score (nSPS) is 17.7. The Morgan fingerprint density at radius 3 is 2.29 bits per heavy atom. The van der Waals surface area contributed by atoms with E-state index in [2.05, 4.69) is 75.2 Å². The summed E-state index contributed by atoms with van der Waals surface area (Å²) in [6, 6.07) is 14.7. The van der Waals surface area contributed by atoms with Gasteiger partial charge in [-0.05, 0) is 74.1 Å². The number of aromatic nitrogens is 6. The highest BCUT2D eigenvalue weighted by atomic mass is 16.6. The van der Waals surface area contributed by atoms with Crippen molar-refractivity contribution in [2.45, 2.75) is 103 Å². The molecule has 1 aliphatic carbocycles. The third-order valence-corrected chi connectivity index (χ3v) is 15.2. The van der Waals surface area contributed by atoms with Gasteiger partial charge in [-0.1, -0.05) is 56.7 Å². The summed E-state index contributed by atoms with van der Waals surface area (Å²) in [5, 5.41) is 21.4. The zero-order valence-corrected chi connectivity index (χ0v) is 45.4. The van der Waals surface area contributed by atoms with Gasteiger partial charge in [0.05, 0.1) is 77.2 Å². The van der Waals surface area contributed by atoms with E-state index in [1.165, 1.54) is 29.4 Å². The van der Waals surface area contributed by atoms with Crippen molar-refractivity contribution in [3.8, 4) is 0 Å². The summed E-state index contributed by atoms with van der Waals surface area (Å²) >= 11 is 0. The highest BCUT2D eigenvalue weighted by Crippen LogP contribution is 2.41. The highest BCUT2D eigenvalue weighted by Gasteiger charge is 2.33. The summed E-state index contributed by atoms with van der Waals surface area (Å²) in [5.74, 6) is 3.37. The van der Waals surface area contributed by atoms with Crippen LogP contribution in [0.25, 0.3) is 5.65 Å². The van der Waals surface area contributed by atoms with Gasteiger partial charge in [0.15, 0.2) is 5.65 Å². The van der Waals surface area contributed by atoms with Crippen molar-refractivity contribution in [3.05, 3.63) is 112 Å². The molecule has 0 unspecified atom stereocenters. The third kappa shape index (κ3) is 14.8. The van der Waals surface area contributed by atoms with E-state index in [9.17, 15) is 19.5 Å². The van der Waals surface area contributed by atoms with Crippen LogP contribution in [-0.4, -0.2) is 161 Å². The molecule has 1 saturated carbocycles. The van der Waals surface area contributed by atoms with Crippen LogP contribution in [0.15, 0.2) is 78.5 Å². The van der Waals surface area contributed by atoms with Gasteiger partial charge in [-0.2, -0.15) is 14.6 Å². The van der Waals surface area contributed by atoms with Crippen molar-refractivity contribution >= 4 is 41.0 Å². The van der Waals surface area contributed by atoms with Crippen LogP contribution in [-0.2, 0) is 54.6 Å². The lowest BCUT2D eigenvalue weighted by atomic mass is 9.96. The first-order chi connectivity index (χ1) is 38.2. The smallest absolute Gasteiger partial charge is 0.415 e. The second kappa shape index (κ2) is 27.9. The SMILES string of the molecule is C=CC(=O)N1CCN([C@@H](CC2CC2)c2ccc([C@H](C)Nc3ncc4c(n3)N(CCOCCOCCOCCOCCn3cc(CNc5cc(N6CCCC[C@H]6CCO)nc6c(CC)cnn56)ccc3=O)C(=O)OC4)cc2)CC1. The number of nitrogens with zero attached hydrogens (tertiary/aromatic N) is 10. The highest BCUT2D eigenvalue weighted by molar-refractivity contribution is 5.89. The minimum Gasteiger partial charge on any atom is -0.444 e. The molecular weight excluding hydrogens is 997 g/mol. The molecule has 7 heterocycles. The molecule has 78 heavy (non-hydrogen) atoms. The number of fused-ring (bicyclic) bond motifs is 2. The van der Waals surface area contributed by atoms with Gasteiger partial charge >= 0.3 is 6.09 Å². The van der Waals surface area contributed by atoms with Crippen LogP contribution in [0.5, 0.6) is 0 Å². The van der Waals surface area contributed by atoms with E-state index >= 15 is 0 Å². The van der Waals surface area contributed by atoms with Gasteiger partial charge in [0.1, 0.15) is 24.1 Å². The number of aliphatic hydroxyl groups is 1. The number of benzene rings is 1. The molecule has 420 valence electrons. The van der Waals surface area contributed by atoms with Crippen LogP contribution in [0, 0.1) is 5.92 Å². The molecule has 3 aliphatic heterocycles. The van der Waals surface area contributed by atoms with Crippen molar-refractivity contribution in [1.29, 1.82) is 0 Å². The van der Waals surface area contributed by atoms with Gasteiger partial charge in [0.2, 0.25) is 11.9 Å². The summed E-state index contributed by atoms with van der Waals surface area (Å²) in [4.78, 5) is 60.4. The number of ether oxygens (including phenoxy) is 5. The number of aryl methyl sites for hydroxylation is 1. The van der Waals surface area contributed by atoms with Crippen molar-refractivity contribution in [3.63, 3.8) is 0 Å². The van der Waals surface area contributed by atoms with Crippen molar-refractivity contribution in [1.82, 2.24) is 38.9 Å². The van der Waals surface area contributed by atoms with Crippen LogP contribution >= 0.6 is 0 Å². The van der Waals surface area contributed by atoms with E-state index in [1.807, 2.05) is 33.9 Å². The van der Waals surface area contributed by atoms with Gasteiger partial charge in [-0.15, -0.1) is 0 Å². The third-order valence-electron chi connectivity index (χ3n) is 15.2. The van der Waals surface area contributed by atoms with Crippen molar-refractivity contribution in [2.24, 2.45) is 5.92 Å². The number of amides is 2. The molecule has 3 fully saturated rings. The van der Waals surface area contributed by atoms with Gasteiger partial charge < -0.3 is 53.8 Å². The number of nitrogens with one attached hydrogen (secondary N) is 2. The molecule has 2 amide bonds. The number of cyclic esters (lactones) is 1. The Bertz CT molecular complexity index is 2810. The Balaban J connectivity index is 0.645. The average molecular weight is 1080 g/mol. The summed E-state index contributed by atoms with van der Waals surface area (Å²) < 4.78 is 31.9. The molecule has 4 aromatic heterocycles. The number of aliphatic hydroxyl groups excluding tert-OH is 1. The molecule has 21 heteroatoms. The second-order valence-corrected chi connectivity index (χ2v) is 20.5. The van der Waals surface area contributed by atoms with Gasteiger partial charge in [-0.3, -0.25) is 19.4 Å². The zero-order chi connectivity index (χ0) is 54.2. The summed E-state index contributed by atoms with van der Waals surface area (Å²) in [5.41, 5.74) is 5.83. The van der Waals surface area contributed by atoms with E-state index in [-0.39, 0.29) is 49.9 Å². The molecule has 3 atom stereocenters. The predicted octanol–water partition coefficient (Wildman–Crippen LogP) is 6.16. The number of pyridine rings is 1. The predicted molar refractivity (Wildman–Crippen MR) is 297 cm³/mol. The Kier molecular flexibility index (Phi) is 20.1. The first-order valence-electron chi connectivity index (χ1n) is 28.0. The molecular formula is C57H78N12O9. The van der Waals surface area contributed by atoms with E-state index in [4.69, 9.17) is 33.7 Å². The Morgan fingerprint density at radius 1 is 0.872 bits per heavy atom. The molecule has 0 spiro atoms. The first-order valence-corrected chi connectivity index (χ1v) is 28.0. The van der Waals surface area contributed by atoms with Crippen LogP contribution < -0.4 is 26.0 Å². The van der Waals surface area contributed by atoms with Crippen LogP contribution in [0.3, 0.4) is 0 Å². The summed E-state index contributed by atoms with van der Waals surface area (Å²) in [6.45, 7) is 16.0. The molecule has 4 aliphatic rings. The molecule has 2 saturated heterocycles. The number of anilines is 4. The van der Waals surface area contributed by atoms with Crippen LogP contribution in [0.4, 0.5) is 28.2 Å². The van der Waals surface area contributed by atoms with E-state index in [1.54, 1.807) is 16.8 Å². The second-order valence-electron chi connectivity index (χ2n) is 20.5. The Hall–Kier alpha value is -6.49. The van der Waals surface area contributed by atoms with E-state index < -0.39 is 6.09 Å². The number of carbonyl (C=O) groups is 2. The van der Waals surface area contributed by atoms with Gasteiger partial charge in [-0.25, -0.2) is 14.8 Å². The lowest BCUT2D eigenvalue weighted by Gasteiger charge is -2.39. The number of hydrogen-bond acceptors (Lipinski definition) is 17. The standard InChI is InChI=1S/C57H78N12O9/c1-4-44-38-60-69-50(35-51(62-55(44)69)67-18-7-6-8-48(67)17-25-70)58-36-43-11-16-53(72)66(39-43)23-26-74-28-30-76-32-33-77-31-29-75-27-24-68-54-47(40-78-57(68)73)37-59-56(63-54)61-41(3)45-12-14-46(15-13-45)49(34-42-9-10-42)64-19-21-65(22-20-64)52(71)5-2/h5,11-16,35,37-39,41-42,48-49,58,70H,2,4,6-10,17-34,36,40H2,1,3H3,(H,59,61,63)/t41-,48-,49-/m0/s1. The largest absolute Gasteiger partial charge is 0.444 e. The average Bonchev–Trinajstić information content (AvgIpc) is 4.21. The number of piperidine rings is 1. The van der Waals surface area contributed by atoms with E-state index in [0.29, 0.717) is 102 Å². The topological polar surface area (TPSA) is 216 Å². The van der Waals surface area contributed by atoms with Gasteiger partial charge in [0.25, 0.3) is 5.56 Å². The summed E-state index contributed by atoms with van der Waals surface area (Å²) in [7, 11) is 0. The summed E-state index contributed by atoms with van der Waals surface area (Å²) in [6.07, 6.45) is 14.8. The van der Waals surface area contributed by atoms with Gasteiger partial charge in [0, 0.05) is 94.6 Å². The number of hydrogen-bond donors (Lipinski definition) is 3.